The molecule has 0 aliphatic heterocycles. The van der Waals surface area contributed by atoms with Crippen molar-refractivity contribution in [1.82, 2.24) is 9.97 Å². The molecule has 0 unspecified atom stereocenters. The zero-order valence-electron chi connectivity index (χ0n) is 9.30. The first kappa shape index (κ1) is 11.5. The van der Waals surface area contributed by atoms with Crippen LogP contribution >= 0.6 is 11.3 Å². The number of aromatic carboxylic acids is 1. The van der Waals surface area contributed by atoms with E-state index < -0.39 is 5.97 Å². The second-order valence-electron chi connectivity index (χ2n) is 3.44. The molecule has 2 aromatic heterocycles. The van der Waals surface area contributed by atoms with Gasteiger partial charge < -0.3 is 9.84 Å². The topological polar surface area (TPSA) is 72.3 Å². The lowest BCUT2D eigenvalue weighted by Gasteiger charge is -2.00. The van der Waals surface area contributed by atoms with E-state index in [1.165, 1.54) is 0 Å². The fourth-order valence-corrected chi connectivity index (χ4v) is 2.00. The Balaban J connectivity index is 2.22. The van der Waals surface area contributed by atoms with E-state index in [4.69, 9.17) is 9.84 Å². The molecule has 0 spiro atoms. The van der Waals surface area contributed by atoms with Crippen LogP contribution in [-0.2, 0) is 0 Å². The molecular weight excluding hydrogens is 240 g/mol. The predicted molar refractivity (Wildman–Crippen MR) is 62.9 cm³/mol. The third-order valence-corrected chi connectivity index (χ3v) is 3.08. The number of aryl methyl sites for hydroxylation is 2. The molecule has 0 fully saturated rings. The average Bonchev–Trinajstić information content (AvgIpc) is 2.63. The molecule has 0 radical (unpaired) electrons. The quantitative estimate of drug-likeness (QED) is 0.906. The van der Waals surface area contributed by atoms with Crippen LogP contribution < -0.4 is 4.74 Å². The summed E-state index contributed by atoms with van der Waals surface area (Å²) in [7, 11) is 0. The molecule has 2 rings (SSSR count). The Morgan fingerprint density at radius 2 is 2.18 bits per heavy atom. The number of aromatic nitrogens is 2. The van der Waals surface area contributed by atoms with Gasteiger partial charge in [-0.1, -0.05) is 11.3 Å². The first-order valence-corrected chi connectivity index (χ1v) is 5.69. The summed E-state index contributed by atoms with van der Waals surface area (Å²) in [5.41, 5.74) is 1.34. The molecule has 2 aromatic rings. The molecule has 0 aliphatic carbocycles. The number of rotatable bonds is 3. The number of hydrogen-bond donors (Lipinski definition) is 1. The number of carboxylic acid groups (broad SMARTS) is 1. The minimum atomic E-state index is -0.989. The molecule has 5 nitrogen and oxygen atoms in total. The Morgan fingerprint density at radius 1 is 1.41 bits per heavy atom. The van der Waals surface area contributed by atoms with Gasteiger partial charge in [-0.05, 0) is 26.0 Å². The Bertz CT molecular complexity index is 548. The highest BCUT2D eigenvalue weighted by atomic mass is 32.1. The molecule has 0 aliphatic rings. The summed E-state index contributed by atoms with van der Waals surface area (Å²) in [6.07, 6.45) is 1.58. The Morgan fingerprint density at radius 3 is 2.71 bits per heavy atom. The highest BCUT2D eigenvalue weighted by Crippen LogP contribution is 2.28. The molecule has 1 N–H and O–H groups in total. The molecule has 88 valence electrons. The smallest absolute Gasteiger partial charge is 0.347 e. The van der Waals surface area contributed by atoms with Crippen LogP contribution in [-0.4, -0.2) is 21.0 Å². The van der Waals surface area contributed by atoms with Crippen molar-refractivity contribution in [2.75, 3.05) is 0 Å². The molecule has 0 atom stereocenters. The van der Waals surface area contributed by atoms with E-state index >= 15 is 0 Å². The number of pyridine rings is 1. The summed E-state index contributed by atoms with van der Waals surface area (Å²) < 4.78 is 5.43. The van der Waals surface area contributed by atoms with Gasteiger partial charge in [-0.15, -0.1) is 0 Å². The zero-order chi connectivity index (χ0) is 12.4. The van der Waals surface area contributed by atoms with Gasteiger partial charge in [0.1, 0.15) is 10.6 Å². The summed E-state index contributed by atoms with van der Waals surface area (Å²) in [5, 5.41) is 9.19. The van der Waals surface area contributed by atoms with Crippen LogP contribution in [0.5, 0.6) is 10.9 Å². The number of ether oxygens (including phenoxy) is 1. The molecule has 2 heterocycles. The molecule has 0 aromatic carbocycles. The van der Waals surface area contributed by atoms with Gasteiger partial charge in [-0.2, -0.15) is 0 Å². The molecule has 0 amide bonds. The third-order valence-electron chi connectivity index (χ3n) is 2.06. The van der Waals surface area contributed by atoms with Gasteiger partial charge in [0.25, 0.3) is 5.19 Å². The van der Waals surface area contributed by atoms with Crippen LogP contribution in [0.3, 0.4) is 0 Å². The third kappa shape index (κ3) is 2.59. The first-order chi connectivity index (χ1) is 8.06. The summed E-state index contributed by atoms with van der Waals surface area (Å²) in [6, 6.07) is 3.58. The molecule has 0 bridgehead atoms. The van der Waals surface area contributed by atoms with Crippen LogP contribution in [0.15, 0.2) is 18.3 Å². The van der Waals surface area contributed by atoms with Gasteiger partial charge >= 0.3 is 5.97 Å². The van der Waals surface area contributed by atoms with Crippen molar-refractivity contribution >= 4 is 17.3 Å². The van der Waals surface area contributed by atoms with Crippen molar-refractivity contribution in [2.24, 2.45) is 0 Å². The van der Waals surface area contributed by atoms with Crippen LogP contribution in [0.4, 0.5) is 0 Å². The SMILES string of the molecule is Cc1ccc(Oc2nc(C)c(C(=O)O)s2)cn1. The van der Waals surface area contributed by atoms with E-state index in [1.54, 1.807) is 19.2 Å². The predicted octanol–water partition coefficient (Wildman–Crippen LogP) is 2.65. The van der Waals surface area contributed by atoms with Crippen molar-refractivity contribution < 1.29 is 14.6 Å². The van der Waals surface area contributed by atoms with Crippen molar-refractivity contribution in [3.63, 3.8) is 0 Å². The minimum Gasteiger partial charge on any atom is -0.477 e. The van der Waals surface area contributed by atoms with Crippen molar-refractivity contribution in [3.05, 3.63) is 34.6 Å². The fraction of sp³-hybridized carbons (Fsp3) is 0.182. The zero-order valence-corrected chi connectivity index (χ0v) is 10.1. The minimum absolute atomic E-state index is 0.195. The highest BCUT2D eigenvalue weighted by molar-refractivity contribution is 7.15. The lowest BCUT2D eigenvalue weighted by molar-refractivity contribution is 0.0701. The normalized spacial score (nSPS) is 10.2. The van der Waals surface area contributed by atoms with Gasteiger partial charge in [-0.3, -0.25) is 4.98 Å². The summed E-state index contributed by atoms with van der Waals surface area (Å²) in [4.78, 5) is 19.1. The number of hydrogen-bond acceptors (Lipinski definition) is 5. The Kier molecular flexibility index (Phi) is 3.06. The molecular formula is C11H10N2O3S. The van der Waals surface area contributed by atoms with Crippen LogP contribution in [0.1, 0.15) is 21.1 Å². The fourth-order valence-electron chi connectivity index (χ4n) is 1.23. The van der Waals surface area contributed by atoms with E-state index in [0.717, 1.165) is 17.0 Å². The number of thiazole rings is 1. The molecule has 17 heavy (non-hydrogen) atoms. The lowest BCUT2D eigenvalue weighted by atomic mass is 10.4. The molecule has 0 saturated carbocycles. The van der Waals surface area contributed by atoms with Crippen LogP contribution in [0.25, 0.3) is 0 Å². The highest BCUT2D eigenvalue weighted by Gasteiger charge is 2.15. The molecule has 0 saturated heterocycles. The van der Waals surface area contributed by atoms with Gasteiger partial charge in [0.05, 0.1) is 11.9 Å². The largest absolute Gasteiger partial charge is 0.477 e. The van der Waals surface area contributed by atoms with Gasteiger partial charge in [0, 0.05) is 5.69 Å². The second kappa shape index (κ2) is 4.50. The van der Waals surface area contributed by atoms with Crippen molar-refractivity contribution in [3.8, 4) is 10.9 Å². The van der Waals surface area contributed by atoms with E-state index in [-0.39, 0.29) is 4.88 Å². The van der Waals surface area contributed by atoms with Gasteiger partial charge in [0.15, 0.2) is 0 Å². The van der Waals surface area contributed by atoms with E-state index in [1.807, 2.05) is 13.0 Å². The Labute approximate surface area is 102 Å². The van der Waals surface area contributed by atoms with Crippen LogP contribution in [0, 0.1) is 13.8 Å². The standard InChI is InChI=1S/C11H10N2O3S/c1-6-3-4-8(5-12-6)16-11-13-7(2)9(17-11)10(14)15/h3-5H,1-2H3,(H,14,15). The average molecular weight is 250 g/mol. The van der Waals surface area contributed by atoms with Crippen molar-refractivity contribution in [1.29, 1.82) is 0 Å². The van der Waals surface area contributed by atoms with E-state index in [2.05, 4.69) is 9.97 Å². The van der Waals surface area contributed by atoms with Gasteiger partial charge in [0.2, 0.25) is 0 Å². The van der Waals surface area contributed by atoms with E-state index in [0.29, 0.717) is 16.6 Å². The summed E-state index contributed by atoms with van der Waals surface area (Å²) in [5.74, 6) is -0.446. The number of nitrogens with zero attached hydrogens (tertiary/aromatic N) is 2. The number of carbonyl (C=O) groups is 1. The van der Waals surface area contributed by atoms with Gasteiger partial charge in [-0.25, -0.2) is 9.78 Å². The monoisotopic (exact) mass is 250 g/mol. The maximum absolute atomic E-state index is 10.8. The number of carboxylic acids is 1. The van der Waals surface area contributed by atoms with E-state index in [9.17, 15) is 4.79 Å². The molecule has 6 heteroatoms. The first-order valence-electron chi connectivity index (χ1n) is 4.87. The summed E-state index contributed by atoms with van der Waals surface area (Å²) >= 11 is 1.01. The maximum Gasteiger partial charge on any atom is 0.347 e. The Hall–Kier alpha value is -1.95. The second-order valence-corrected chi connectivity index (χ2v) is 4.40. The van der Waals surface area contributed by atoms with Crippen LogP contribution in [0.2, 0.25) is 0 Å². The lowest BCUT2D eigenvalue weighted by Crippen LogP contribution is -1.94. The van der Waals surface area contributed by atoms with Crippen molar-refractivity contribution in [2.45, 2.75) is 13.8 Å². The summed E-state index contributed by atoms with van der Waals surface area (Å²) in [6.45, 7) is 3.51. The maximum atomic E-state index is 10.8.